The van der Waals surface area contributed by atoms with Crippen LogP contribution in [0.4, 0.5) is 0 Å². The molecule has 0 saturated carbocycles. The van der Waals surface area contributed by atoms with E-state index in [1.54, 1.807) is 0 Å². The maximum Gasteiger partial charge on any atom is 0.217 e. The van der Waals surface area contributed by atoms with Crippen LogP contribution < -0.4 is 16.0 Å². The first-order valence-corrected chi connectivity index (χ1v) is 30.4. The minimum atomic E-state index is -2.39. The van der Waals surface area contributed by atoms with E-state index in [1.165, 1.54) is 6.92 Å². The third kappa shape index (κ3) is 17.3. The monoisotopic (exact) mass is 1390 g/mol. The molecule has 0 spiro atoms. The lowest BCUT2D eigenvalue weighted by Crippen LogP contribution is -2.71. The second-order valence-electron chi connectivity index (χ2n) is 24.2. The maximum atomic E-state index is 13.2. The van der Waals surface area contributed by atoms with Crippen LogP contribution in [-0.4, -0.2) is 411 Å². The Morgan fingerprint density at radius 2 is 0.726 bits per heavy atom. The Bertz CT molecular complexity index is 2440. The van der Waals surface area contributed by atoms with Gasteiger partial charge in [-0.3, -0.25) is 14.4 Å². The van der Waals surface area contributed by atoms with Gasteiger partial charge in [0.1, 0.15) is 183 Å². The molecule has 0 radical (unpaired) electrons. The summed E-state index contributed by atoms with van der Waals surface area (Å²) in [5.41, 5.74) is 0. The summed E-state index contributed by atoms with van der Waals surface area (Å²) in [5, 5.41) is 238. The zero-order chi connectivity index (χ0) is 69.9. The van der Waals surface area contributed by atoms with Crippen LogP contribution in [0.1, 0.15) is 27.7 Å². The number of aliphatic hydroxyl groups excluding tert-OH is 21. The molecule has 24 N–H and O–H groups in total. The first-order chi connectivity index (χ1) is 44.8. The Kier molecular flexibility index (Phi) is 27.5. The number of hydrogen-bond acceptors (Lipinski definition) is 39. The van der Waals surface area contributed by atoms with Gasteiger partial charge in [-0.1, -0.05) is 0 Å². The van der Waals surface area contributed by atoms with Gasteiger partial charge in [0, 0.05) is 20.8 Å². The van der Waals surface area contributed by atoms with E-state index in [2.05, 4.69) is 16.0 Å². The third-order valence-corrected chi connectivity index (χ3v) is 17.4. The molecule has 0 bridgehead atoms. The summed E-state index contributed by atoms with van der Waals surface area (Å²) in [5.74, 6) is -2.61. The Labute approximate surface area is 538 Å². The Balaban J connectivity index is 1.18. The third-order valence-electron chi connectivity index (χ3n) is 17.4. The van der Waals surface area contributed by atoms with Crippen LogP contribution in [0.2, 0.25) is 0 Å². The smallest absolute Gasteiger partial charge is 0.217 e. The average molecular weight is 1390 g/mol. The second kappa shape index (κ2) is 33.6. The van der Waals surface area contributed by atoms with Crippen LogP contribution in [0.5, 0.6) is 0 Å². The van der Waals surface area contributed by atoms with Crippen molar-refractivity contribution >= 4 is 17.7 Å². The fourth-order valence-corrected chi connectivity index (χ4v) is 12.1. The molecule has 8 saturated heterocycles. The molecule has 8 aliphatic heterocycles. The normalized spacial score (nSPS) is 49.9. The molecule has 8 heterocycles. The van der Waals surface area contributed by atoms with Crippen LogP contribution in [0.25, 0.3) is 0 Å². The van der Waals surface area contributed by atoms with Crippen LogP contribution in [0.3, 0.4) is 0 Å². The van der Waals surface area contributed by atoms with E-state index in [0.717, 1.165) is 20.8 Å². The van der Waals surface area contributed by atoms with Crippen molar-refractivity contribution in [1.82, 2.24) is 16.0 Å². The van der Waals surface area contributed by atoms with Gasteiger partial charge in [0.05, 0.1) is 52.4 Å². The van der Waals surface area contributed by atoms with Crippen molar-refractivity contribution in [2.45, 2.75) is 267 Å². The van der Waals surface area contributed by atoms with Crippen molar-refractivity contribution in [3.63, 3.8) is 0 Å². The lowest BCUT2D eigenvalue weighted by molar-refractivity contribution is -0.410. The Hall–Kier alpha value is -3.03. The van der Waals surface area contributed by atoms with Crippen LogP contribution >= 0.6 is 0 Å². The molecule has 0 aromatic heterocycles. The predicted molar refractivity (Wildman–Crippen MR) is 292 cm³/mol. The summed E-state index contributed by atoms with van der Waals surface area (Å²) in [6.45, 7) is -2.65. The van der Waals surface area contributed by atoms with Gasteiger partial charge in [-0.05, 0) is 6.92 Å². The van der Waals surface area contributed by atoms with Gasteiger partial charge in [0.25, 0.3) is 0 Å². The van der Waals surface area contributed by atoms with Gasteiger partial charge in [-0.15, -0.1) is 0 Å². The van der Waals surface area contributed by atoms with E-state index in [0.29, 0.717) is 0 Å². The standard InChI is InChI=1S/C53H89N3O39/c1-12-26(65)35(74)39(78)49(84-12)83-11-22-42(33(72)23(46(80)85-22)54-13(2)61)91-48-25(56-15(4)63)34(73)41(20(8-60)89-48)92-53-45(95-51-38(77)27(66)16(64)9-81-51)43(31(70)21(90-53)10-82-50-40(79)36(75)29(68)18(6-58)87-50)93-52-44(37(76)30(69)19(7-59)88-52)94-47-24(55-14(3)62)32(71)28(67)17(5-57)86-47/h12,16-53,57-60,64-80H,5-11H2,1-4H3,(H,54,61)(H,55,62)(H,56,63)/t12-,16+,17+,18+,19+,20+,21+,22+,23+,24+,25+,26+,27-,28+,29+,30+,31+,32+,33+,34+,35+,36-,37-,38+,39-,40-,41+,42+,43-,44-,45-,46+,47-,48-,49+,50-,51-,52+,53-/m0/s1. The molecule has 550 valence electrons. The highest BCUT2D eigenvalue weighted by Gasteiger charge is 2.60. The van der Waals surface area contributed by atoms with E-state index in [9.17, 15) is 122 Å². The number of aliphatic hydroxyl groups is 21. The molecular formula is C53H89N3O39. The summed E-state index contributed by atoms with van der Waals surface area (Å²) in [6.07, 6.45) is -72.0. The highest BCUT2D eigenvalue weighted by molar-refractivity contribution is 5.74. The molecule has 95 heavy (non-hydrogen) atoms. The molecule has 0 unspecified atom stereocenters. The molecule has 0 aliphatic carbocycles. The highest BCUT2D eigenvalue weighted by Crippen LogP contribution is 2.39. The lowest BCUT2D eigenvalue weighted by atomic mass is 9.93. The molecule has 42 nitrogen and oxygen atoms in total. The molecule has 0 aromatic rings. The van der Waals surface area contributed by atoms with E-state index in [1.807, 2.05) is 0 Å². The minimum Gasteiger partial charge on any atom is -0.394 e. The average Bonchev–Trinajstić information content (AvgIpc) is 0.768. The number of amides is 3. The summed E-state index contributed by atoms with van der Waals surface area (Å²) in [6, 6.07) is -5.45. The summed E-state index contributed by atoms with van der Waals surface area (Å²) in [7, 11) is 0. The lowest BCUT2D eigenvalue weighted by Gasteiger charge is -2.52. The summed E-state index contributed by atoms with van der Waals surface area (Å²) < 4.78 is 89.2. The van der Waals surface area contributed by atoms with Gasteiger partial charge >= 0.3 is 0 Å². The SMILES string of the molecule is CC(=O)N[C@@H]1[C@@H](O)[C@H](O[C@@H]2O[C@H](CO)[C@@H](O[C@@H]3O[C@H](CO[C@H]4O[C@H](CO)[C@@H](O)[C@H](O)[C@@H]4O)[C@@H](O)[C@H](O[C@H]4O[C@H](CO)[C@@H](O)[C@H](O)[C@@H]4O[C@@H]4O[C@H](CO)[C@@H](O)[C@H](O)[C@H]4NC(C)=O)[C@@H]3O[C@@H]3OC[C@@H](O)[C@H](O)[C@H]3O)[C@H](O)[C@H]2NC(C)=O)[C@@H](CO[C@@H]2O[C@@H](C)[C@@H](O)[C@@H](O)[C@@H]2O)O[C@H]1O. The minimum absolute atomic E-state index is 0.787. The van der Waals surface area contributed by atoms with Gasteiger partial charge < -0.3 is 194 Å². The molecular weight excluding hydrogens is 1300 g/mol. The summed E-state index contributed by atoms with van der Waals surface area (Å²) in [4.78, 5) is 38.0. The summed E-state index contributed by atoms with van der Waals surface area (Å²) >= 11 is 0. The van der Waals surface area contributed by atoms with Crippen molar-refractivity contribution < 1.29 is 193 Å². The van der Waals surface area contributed by atoms with Crippen molar-refractivity contribution in [2.24, 2.45) is 0 Å². The number of rotatable bonds is 23. The van der Waals surface area contributed by atoms with Crippen LogP contribution in [0, 0.1) is 0 Å². The quantitative estimate of drug-likeness (QED) is 0.0452. The molecule has 3 amide bonds. The fraction of sp³-hybridized carbons (Fsp3) is 0.943. The predicted octanol–water partition coefficient (Wildman–Crippen LogP) is -16.4. The van der Waals surface area contributed by atoms with E-state index in [-0.39, 0.29) is 0 Å². The zero-order valence-electron chi connectivity index (χ0n) is 51.2. The first kappa shape index (κ1) is 77.7. The van der Waals surface area contributed by atoms with Crippen molar-refractivity contribution in [3.05, 3.63) is 0 Å². The maximum absolute atomic E-state index is 13.2. The van der Waals surface area contributed by atoms with Gasteiger partial charge in [-0.2, -0.15) is 0 Å². The van der Waals surface area contributed by atoms with Gasteiger partial charge in [0.2, 0.25) is 17.7 Å². The van der Waals surface area contributed by atoms with Crippen molar-refractivity contribution in [2.75, 3.05) is 46.2 Å². The number of nitrogens with one attached hydrogen (secondary N) is 3. The van der Waals surface area contributed by atoms with Crippen molar-refractivity contribution in [1.29, 1.82) is 0 Å². The molecule has 0 aromatic carbocycles. The second-order valence-corrected chi connectivity index (χ2v) is 24.2. The van der Waals surface area contributed by atoms with Crippen LogP contribution in [-0.2, 0) is 85.4 Å². The van der Waals surface area contributed by atoms with Crippen LogP contribution in [0.15, 0.2) is 0 Å². The Morgan fingerprint density at radius 3 is 1.29 bits per heavy atom. The fourth-order valence-electron chi connectivity index (χ4n) is 12.1. The van der Waals surface area contributed by atoms with Crippen molar-refractivity contribution in [3.8, 4) is 0 Å². The number of hydrogen-bond donors (Lipinski definition) is 24. The molecule has 8 fully saturated rings. The van der Waals surface area contributed by atoms with Gasteiger partial charge in [-0.25, -0.2) is 0 Å². The number of ether oxygens (including phenoxy) is 15. The zero-order valence-corrected chi connectivity index (χ0v) is 51.2. The molecule has 8 aliphatic rings. The van der Waals surface area contributed by atoms with E-state index in [4.69, 9.17) is 71.1 Å². The Morgan fingerprint density at radius 1 is 0.337 bits per heavy atom. The number of carbonyl (C=O) groups is 3. The highest BCUT2D eigenvalue weighted by atomic mass is 16.8. The first-order valence-electron chi connectivity index (χ1n) is 30.4. The molecule has 8 rings (SSSR count). The van der Waals surface area contributed by atoms with E-state index < -0.39 is 303 Å². The topological polar surface area (TPSA) is 651 Å². The molecule has 42 heteroatoms. The number of carbonyl (C=O) groups excluding carboxylic acids is 3. The van der Waals surface area contributed by atoms with Gasteiger partial charge in [0.15, 0.2) is 50.3 Å². The largest absolute Gasteiger partial charge is 0.394 e. The van der Waals surface area contributed by atoms with E-state index >= 15 is 0 Å². The molecule has 39 atom stereocenters.